The normalized spacial score (nSPS) is 17.3. The molecule has 5 nitrogen and oxygen atoms in total. The third kappa shape index (κ3) is 3.38. The van der Waals surface area contributed by atoms with Gasteiger partial charge in [0.2, 0.25) is 0 Å². The molecule has 166 valence electrons. The number of hydrogen-bond acceptors (Lipinski definition) is 4. The van der Waals surface area contributed by atoms with Gasteiger partial charge in [0.1, 0.15) is 0 Å². The molecule has 0 bridgehead atoms. The zero-order chi connectivity index (χ0) is 23.5. The zero-order valence-electron chi connectivity index (χ0n) is 18.8. The number of thiocarbonyl (C=S) groups is 1. The predicted molar refractivity (Wildman–Crippen MR) is 136 cm³/mol. The summed E-state index contributed by atoms with van der Waals surface area (Å²) in [7, 11) is 3.22. The molecule has 0 radical (unpaired) electrons. The molecule has 33 heavy (non-hydrogen) atoms. The van der Waals surface area contributed by atoms with E-state index in [9.17, 15) is 9.59 Å². The first-order chi connectivity index (χ1) is 15.7. The second kappa shape index (κ2) is 7.95. The van der Waals surface area contributed by atoms with Crippen molar-refractivity contribution in [1.82, 2.24) is 9.80 Å². The Bertz CT molecular complexity index is 1320. The van der Waals surface area contributed by atoms with Gasteiger partial charge < -0.3 is 0 Å². The van der Waals surface area contributed by atoms with Crippen molar-refractivity contribution in [2.24, 2.45) is 0 Å². The van der Waals surface area contributed by atoms with Crippen molar-refractivity contribution in [2.75, 3.05) is 19.0 Å². The third-order valence-electron chi connectivity index (χ3n) is 6.37. The van der Waals surface area contributed by atoms with E-state index in [1.807, 2.05) is 6.07 Å². The van der Waals surface area contributed by atoms with Crippen LogP contribution in [0.5, 0.6) is 0 Å². The van der Waals surface area contributed by atoms with E-state index in [0.29, 0.717) is 0 Å². The van der Waals surface area contributed by atoms with Gasteiger partial charge in [-0.3, -0.25) is 0 Å². The molecular formula is C26H23N3O2STe. The van der Waals surface area contributed by atoms with Crippen LogP contribution >= 0.6 is 12.2 Å². The molecule has 1 aromatic heterocycles. The van der Waals surface area contributed by atoms with Crippen LogP contribution in [0.3, 0.4) is 0 Å². The fourth-order valence-corrected chi connectivity index (χ4v) is 8.35. The van der Waals surface area contributed by atoms with Gasteiger partial charge in [-0.1, -0.05) is 0 Å². The van der Waals surface area contributed by atoms with Crippen LogP contribution in [-0.2, 0) is 15.0 Å². The molecule has 2 amide bonds. The maximum absolute atomic E-state index is 12.9. The van der Waals surface area contributed by atoms with Crippen LogP contribution < -0.4 is 4.90 Å². The number of nitrogens with zero attached hydrogens (tertiary/aromatic N) is 3. The van der Waals surface area contributed by atoms with Gasteiger partial charge in [-0.05, 0) is 0 Å². The van der Waals surface area contributed by atoms with Gasteiger partial charge >= 0.3 is 209 Å². The van der Waals surface area contributed by atoms with Crippen LogP contribution in [0, 0.1) is 0 Å². The van der Waals surface area contributed by atoms with Gasteiger partial charge in [0, 0.05) is 0 Å². The van der Waals surface area contributed by atoms with Gasteiger partial charge in [-0.2, -0.15) is 0 Å². The number of para-hydroxylation sites is 2. The zero-order valence-corrected chi connectivity index (χ0v) is 22.0. The van der Waals surface area contributed by atoms with Gasteiger partial charge in [0.15, 0.2) is 0 Å². The number of amides is 2. The standard InChI is InChI=1S/C26H23N3O2STe/c1-26(2)19-12-8-9-13-21(19)29(16-10-6-5-7-11-16)24-20(26)15-17(33-24)14-18-22(30)27(3)25(32)28(4)23(18)31/h5-15H,1-4H3. The molecule has 2 aromatic carbocycles. The Labute approximate surface area is 208 Å². The first-order valence-corrected chi connectivity index (χ1v) is 13.4. The number of fused-ring (bicyclic) bond motifs is 2. The van der Waals surface area contributed by atoms with E-state index in [2.05, 4.69) is 73.3 Å². The summed E-state index contributed by atoms with van der Waals surface area (Å²) in [6.07, 6.45) is 1.80. The molecule has 3 aromatic rings. The molecule has 0 unspecified atom stereocenters. The predicted octanol–water partition coefficient (Wildman–Crippen LogP) is 4.45. The molecule has 3 heterocycles. The van der Waals surface area contributed by atoms with E-state index < -0.39 is 20.4 Å². The average Bonchev–Trinajstić information content (AvgIpc) is 3.25. The van der Waals surface area contributed by atoms with Crippen molar-refractivity contribution in [3.63, 3.8) is 0 Å². The molecule has 0 N–H and O–H groups in total. The van der Waals surface area contributed by atoms with Crippen LogP contribution in [0.1, 0.15) is 28.6 Å². The van der Waals surface area contributed by atoms with E-state index in [1.165, 1.54) is 30.3 Å². The van der Waals surface area contributed by atoms with Crippen molar-refractivity contribution < 1.29 is 9.59 Å². The first-order valence-electron chi connectivity index (χ1n) is 10.6. The Morgan fingerprint density at radius 3 is 2.15 bits per heavy atom. The van der Waals surface area contributed by atoms with Crippen molar-refractivity contribution in [3.8, 4) is 0 Å². The summed E-state index contributed by atoms with van der Waals surface area (Å²) in [6, 6.07) is 21.1. The molecule has 2 aliphatic heterocycles. The fourth-order valence-electron chi connectivity index (χ4n) is 4.49. The van der Waals surface area contributed by atoms with Crippen LogP contribution in [0.25, 0.3) is 6.08 Å². The minimum absolute atomic E-state index is 0.173. The van der Waals surface area contributed by atoms with Gasteiger partial charge in [0.05, 0.1) is 0 Å². The van der Waals surface area contributed by atoms with Crippen LogP contribution in [0.2, 0.25) is 0 Å². The van der Waals surface area contributed by atoms with E-state index >= 15 is 0 Å². The quantitative estimate of drug-likeness (QED) is 0.198. The Balaban J connectivity index is 1.69. The summed E-state index contributed by atoms with van der Waals surface area (Å²) in [6.45, 7) is 4.50. The summed E-state index contributed by atoms with van der Waals surface area (Å²) in [5.41, 5.74) is 4.82. The summed E-state index contributed by atoms with van der Waals surface area (Å²) >= 11 is 4.37. The van der Waals surface area contributed by atoms with E-state index in [4.69, 9.17) is 12.2 Å². The number of carbonyl (C=O) groups excluding carboxylic acids is 2. The van der Waals surface area contributed by atoms with Crippen molar-refractivity contribution in [1.29, 1.82) is 0 Å². The molecular weight excluding hydrogens is 546 g/mol. The molecule has 0 saturated carbocycles. The number of likely N-dealkylation sites (N-methyl/N-ethyl adjacent to an activating group) is 2. The molecule has 7 heteroatoms. The summed E-state index contributed by atoms with van der Waals surface area (Å²) < 4.78 is 2.37. The Morgan fingerprint density at radius 2 is 1.48 bits per heavy atom. The molecule has 1 fully saturated rings. The molecule has 1 saturated heterocycles. The monoisotopic (exact) mass is 571 g/mol. The van der Waals surface area contributed by atoms with Crippen molar-refractivity contribution in [2.45, 2.75) is 19.3 Å². The molecule has 0 spiro atoms. The van der Waals surface area contributed by atoms with E-state index in [1.54, 1.807) is 20.2 Å². The minimum atomic E-state index is -0.855. The molecule has 0 aliphatic carbocycles. The fraction of sp³-hybridized carbons (Fsp3) is 0.192. The second-order valence-electron chi connectivity index (χ2n) is 8.75. The van der Waals surface area contributed by atoms with Crippen molar-refractivity contribution >= 4 is 70.7 Å². The Morgan fingerprint density at radius 1 is 0.879 bits per heavy atom. The number of anilines is 3. The molecule has 5 rings (SSSR count). The molecule has 0 atom stereocenters. The summed E-state index contributed by atoms with van der Waals surface area (Å²) in [5, 5.41) is 0.225. The van der Waals surface area contributed by atoms with Crippen LogP contribution in [-0.4, -0.2) is 61.3 Å². The second-order valence-corrected chi connectivity index (χ2v) is 12.1. The number of benzene rings is 2. The summed E-state index contributed by atoms with van der Waals surface area (Å²) in [4.78, 5) is 30.8. The van der Waals surface area contributed by atoms with E-state index in [-0.39, 0.29) is 27.9 Å². The SMILES string of the molecule is CN1C(=O)C(=Cc2cc3c([te]2)N(c2ccccc2)c2ccccc2C3(C)C)C(=O)N(C)C1=S. The average molecular weight is 569 g/mol. The Kier molecular flexibility index (Phi) is 5.32. The maximum atomic E-state index is 12.9. The Hall–Kier alpha value is -2.72. The number of carbonyl (C=O) groups is 2. The first kappa shape index (κ1) is 22.1. The van der Waals surface area contributed by atoms with Crippen molar-refractivity contribution in [3.05, 3.63) is 80.9 Å². The van der Waals surface area contributed by atoms with E-state index in [0.717, 1.165) is 9.27 Å². The topological polar surface area (TPSA) is 43.9 Å². The number of hydrogen-bond donors (Lipinski definition) is 0. The third-order valence-corrected chi connectivity index (χ3v) is 9.96. The van der Waals surface area contributed by atoms with Gasteiger partial charge in [-0.25, -0.2) is 0 Å². The number of rotatable bonds is 2. The summed E-state index contributed by atoms with van der Waals surface area (Å²) in [5.74, 6) is -0.687. The van der Waals surface area contributed by atoms with Crippen LogP contribution in [0.15, 0.2) is 66.2 Å². The molecule has 2 aliphatic rings. The van der Waals surface area contributed by atoms with Crippen LogP contribution in [0.4, 0.5) is 15.1 Å². The van der Waals surface area contributed by atoms with Gasteiger partial charge in [-0.15, -0.1) is 0 Å². The van der Waals surface area contributed by atoms with Gasteiger partial charge in [0.25, 0.3) is 0 Å².